The minimum absolute atomic E-state index is 0.231. The summed E-state index contributed by atoms with van der Waals surface area (Å²) in [4.78, 5) is 15.2. The van der Waals surface area contributed by atoms with Crippen molar-refractivity contribution in [2.45, 2.75) is 43.1 Å². The van der Waals surface area contributed by atoms with Gasteiger partial charge in [0, 0.05) is 24.4 Å². The Hall–Kier alpha value is -1.00. The van der Waals surface area contributed by atoms with Gasteiger partial charge in [-0.05, 0) is 44.1 Å². The molecule has 2 rings (SSSR count). The molecule has 1 N–H and O–H groups in total. The average Bonchev–Trinajstić information content (AvgIpc) is 2.44. The molecule has 0 aliphatic carbocycles. The predicted molar refractivity (Wildman–Crippen MR) is 82.8 cm³/mol. The molecule has 110 valence electrons. The first-order valence-corrected chi connectivity index (χ1v) is 8.23. The first-order valence-electron chi connectivity index (χ1n) is 7.25. The number of likely N-dealkylation sites (tertiary alicyclic amines) is 1. The molecule has 3 nitrogen and oxygen atoms in total. The molecule has 4 heteroatoms. The second kappa shape index (κ2) is 7.14. The summed E-state index contributed by atoms with van der Waals surface area (Å²) in [6.07, 6.45) is 2.91. The van der Waals surface area contributed by atoms with Crippen molar-refractivity contribution in [3.8, 4) is 0 Å². The van der Waals surface area contributed by atoms with E-state index in [2.05, 4.69) is 12.1 Å². The highest BCUT2D eigenvalue weighted by Gasteiger charge is 2.29. The minimum Gasteiger partial charge on any atom is -0.390 e. The zero-order chi connectivity index (χ0) is 14.4. The van der Waals surface area contributed by atoms with E-state index in [1.807, 2.05) is 30.0 Å². The quantitative estimate of drug-likeness (QED) is 0.670. The van der Waals surface area contributed by atoms with Gasteiger partial charge in [-0.1, -0.05) is 18.2 Å². The van der Waals surface area contributed by atoms with Gasteiger partial charge >= 0.3 is 0 Å². The Kier molecular flexibility index (Phi) is 5.49. The van der Waals surface area contributed by atoms with Gasteiger partial charge in [0.25, 0.3) is 0 Å². The molecule has 1 aliphatic rings. The number of carbonyl (C=O) groups is 1. The number of carbonyl (C=O) groups excluding carboxylic acids is 1. The molecule has 1 fully saturated rings. The fourth-order valence-electron chi connectivity index (χ4n) is 2.33. The third kappa shape index (κ3) is 4.84. The monoisotopic (exact) mass is 293 g/mol. The van der Waals surface area contributed by atoms with E-state index in [9.17, 15) is 9.90 Å². The Morgan fingerprint density at radius 2 is 1.95 bits per heavy atom. The minimum atomic E-state index is -0.583. The molecular weight excluding hydrogens is 270 g/mol. The summed E-state index contributed by atoms with van der Waals surface area (Å²) in [5.74, 6) is 1.20. The summed E-state index contributed by atoms with van der Waals surface area (Å²) in [5, 5.41) is 9.87. The van der Waals surface area contributed by atoms with Gasteiger partial charge in [0.05, 0.1) is 5.60 Å². The van der Waals surface area contributed by atoms with Gasteiger partial charge in [0.1, 0.15) is 0 Å². The lowest BCUT2D eigenvalue weighted by molar-refractivity contribution is -0.134. The van der Waals surface area contributed by atoms with Gasteiger partial charge in [-0.2, -0.15) is 0 Å². The van der Waals surface area contributed by atoms with Crippen LogP contribution in [0.25, 0.3) is 0 Å². The van der Waals surface area contributed by atoms with Crippen molar-refractivity contribution in [1.82, 2.24) is 4.90 Å². The molecule has 1 aromatic carbocycles. The van der Waals surface area contributed by atoms with E-state index in [4.69, 9.17) is 0 Å². The molecule has 0 radical (unpaired) electrons. The molecule has 1 amide bonds. The van der Waals surface area contributed by atoms with Crippen molar-refractivity contribution in [2.75, 3.05) is 18.8 Å². The van der Waals surface area contributed by atoms with Gasteiger partial charge in [-0.25, -0.2) is 0 Å². The highest BCUT2D eigenvalue weighted by molar-refractivity contribution is 7.99. The van der Waals surface area contributed by atoms with Crippen LogP contribution in [0.5, 0.6) is 0 Å². The maximum Gasteiger partial charge on any atom is 0.222 e. The van der Waals surface area contributed by atoms with Crippen LogP contribution < -0.4 is 0 Å². The average molecular weight is 293 g/mol. The summed E-state index contributed by atoms with van der Waals surface area (Å²) in [5.41, 5.74) is -0.583. The Morgan fingerprint density at radius 1 is 1.30 bits per heavy atom. The van der Waals surface area contributed by atoms with Crippen LogP contribution in [-0.4, -0.2) is 40.4 Å². The molecule has 0 aromatic heterocycles. The molecule has 0 atom stereocenters. The van der Waals surface area contributed by atoms with Crippen molar-refractivity contribution in [1.29, 1.82) is 0 Å². The normalized spacial score (nSPS) is 18.0. The number of amides is 1. The number of benzene rings is 1. The number of piperidine rings is 1. The molecule has 0 unspecified atom stereocenters. The smallest absolute Gasteiger partial charge is 0.222 e. The zero-order valence-electron chi connectivity index (χ0n) is 12.0. The van der Waals surface area contributed by atoms with Crippen LogP contribution in [0.4, 0.5) is 0 Å². The van der Waals surface area contributed by atoms with Crippen LogP contribution in [0.15, 0.2) is 35.2 Å². The Labute approximate surface area is 125 Å². The molecule has 1 aliphatic heterocycles. The van der Waals surface area contributed by atoms with E-state index in [0.29, 0.717) is 32.4 Å². The molecule has 1 aromatic rings. The lowest BCUT2D eigenvalue weighted by atomic mass is 9.94. The van der Waals surface area contributed by atoms with Crippen molar-refractivity contribution in [2.24, 2.45) is 0 Å². The van der Waals surface area contributed by atoms with Gasteiger partial charge in [0.15, 0.2) is 0 Å². The van der Waals surface area contributed by atoms with Crippen molar-refractivity contribution in [3.63, 3.8) is 0 Å². The largest absolute Gasteiger partial charge is 0.390 e. The summed E-state index contributed by atoms with van der Waals surface area (Å²) in [6.45, 7) is 3.24. The summed E-state index contributed by atoms with van der Waals surface area (Å²) in [6, 6.07) is 10.3. The van der Waals surface area contributed by atoms with Gasteiger partial charge in [-0.15, -0.1) is 11.8 Å². The van der Waals surface area contributed by atoms with Crippen LogP contribution in [0.2, 0.25) is 0 Å². The summed E-state index contributed by atoms with van der Waals surface area (Å²) in [7, 11) is 0. The number of aliphatic hydroxyl groups is 1. The van der Waals surface area contributed by atoms with Crippen LogP contribution in [0.3, 0.4) is 0 Å². The maximum atomic E-state index is 12.1. The standard InChI is InChI=1S/C16H23NO2S/c1-16(19)9-11-17(12-10-16)15(18)8-5-13-20-14-6-3-2-4-7-14/h2-4,6-7,19H,5,8-13H2,1H3. The van der Waals surface area contributed by atoms with E-state index in [-0.39, 0.29) is 5.91 Å². The first-order chi connectivity index (χ1) is 9.57. The number of hydrogen-bond acceptors (Lipinski definition) is 3. The Morgan fingerprint density at radius 3 is 2.60 bits per heavy atom. The second-order valence-corrected chi connectivity index (χ2v) is 6.81. The van der Waals surface area contributed by atoms with Crippen molar-refractivity contribution in [3.05, 3.63) is 30.3 Å². The fourth-order valence-corrected chi connectivity index (χ4v) is 3.20. The van der Waals surface area contributed by atoms with Crippen molar-refractivity contribution < 1.29 is 9.90 Å². The number of thioether (sulfide) groups is 1. The van der Waals surface area contributed by atoms with Gasteiger partial charge in [0.2, 0.25) is 5.91 Å². The van der Waals surface area contributed by atoms with Gasteiger partial charge < -0.3 is 10.0 Å². The van der Waals surface area contributed by atoms with E-state index in [1.165, 1.54) is 4.90 Å². The molecule has 20 heavy (non-hydrogen) atoms. The molecule has 0 saturated carbocycles. The highest BCUT2D eigenvalue weighted by Crippen LogP contribution is 2.22. The van der Waals surface area contributed by atoms with Crippen LogP contribution in [0.1, 0.15) is 32.6 Å². The lowest BCUT2D eigenvalue weighted by Gasteiger charge is -2.35. The van der Waals surface area contributed by atoms with Gasteiger partial charge in [-0.3, -0.25) is 4.79 Å². The topological polar surface area (TPSA) is 40.5 Å². The first kappa shape index (κ1) is 15.4. The number of nitrogens with zero attached hydrogens (tertiary/aromatic N) is 1. The molecule has 0 bridgehead atoms. The van der Waals surface area contributed by atoms with E-state index in [1.54, 1.807) is 11.8 Å². The Bertz CT molecular complexity index is 423. The molecule has 0 spiro atoms. The lowest BCUT2D eigenvalue weighted by Crippen LogP contribution is -2.45. The number of hydrogen-bond donors (Lipinski definition) is 1. The SMILES string of the molecule is CC1(O)CCN(C(=O)CCCSc2ccccc2)CC1. The third-order valence-corrected chi connectivity index (χ3v) is 4.84. The maximum absolute atomic E-state index is 12.1. The molecular formula is C16H23NO2S. The second-order valence-electron chi connectivity index (χ2n) is 5.64. The summed E-state index contributed by atoms with van der Waals surface area (Å²) < 4.78 is 0. The van der Waals surface area contributed by atoms with E-state index in [0.717, 1.165) is 12.2 Å². The highest BCUT2D eigenvalue weighted by atomic mass is 32.2. The summed E-state index contributed by atoms with van der Waals surface area (Å²) >= 11 is 1.80. The van der Waals surface area contributed by atoms with Crippen LogP contribution >= 0.6 is 11.8 Å². The van der Waals surface area contributed by atoms with Crippen LogP contribution in [-0.2, 0) is 4.79 Å². The number of rotatable bonds is 5. The van der Waals surface area contributed by atoms with Crippen LogP contribution in [0, 0.1) is 0 Å². The van der Waals surface area contributed by atoms with Crippen molar-refractivity contribution >= 4 is 17.7 Å². The molecule has 1 heterocycles. The Balaban J connectivity index is 1.63. The van der Waals surface area contributed by atoms with E-state index >= 15 is 0 Å². The zero-order valence-corrected chi connectivity index (χ0v) is 12.9. The fraction of sp³-hybridized carbons (Fsp3) is 0.562. The van der Waals surface area contributed by atoms with E-state index < -0.39 is 5.60 Å². The predicted octanol–water partition coefficient (Wildman–Crippen LogP) is 2.93. The molecule has 1 saturated heterocycles. The third-order valence-electron chi connectivity index (χ3n) is 3.74.